The number of amides is 2. The van der Waals surface area contributed by atoms with E-state index in [4.69, 9.17) is 37.6 Å². The number of carboxylic acid groups (broad SMARTS) is 1. The number of hydrogen-bond acceptors (Lipinski definition) is 5. The molecular formula is C28H25Cl2F2N3O5. The topological polar surface area (TPSA) is 105 Å². The maximum absolute atomic E-state index is 14.1. The lowest BCUT2D eigenvalue weighted by Crippen LogP contribution is -2.50. The number of benzene rings is 2. The number of aromatic carboxylic acids is 1. The number of nitrogens with one attached hydrogen (secondary N) is 1. The fourth-order valence-electron chi connectivity index (χ4n) is 5.88. The van der Waals surface area contributed by atoms with Gasteiger partial charge in [0.05, 0.1) is 22.8 Å². The summed E-state index contributed by atoms with van der Waals surface area (Å²) in [7, 11) is 0. The van der Waals surface area contributed by atoms with Crippen molar-refractivity contribution in [3.05, 3.63) is 68.9 Å². The quantitative estimate of drug-likeness (QED) is 0.300. The van der Waals surface area contributed by atoms with Crippen molar-refractivity contribution in [2.24, 2.45) is 0 Å². The van der Waals surface area contributed by atoms with Gasteiger partial charge in [0, 0.05) is 34.8 Å². The van der Waals surface area contributed by atoms with Crippen molar-refractivity contribution in [1.82, 2.24) is 10.1 Å². The predicted octanol–water partition coefficient (Wildman–Crippen LogP) is 7.25. The third-order valence-corrected chi connectivity index (χ3v) is 8.49. The number of hydrogen-bond donors (Lipinski definition) is 2. The molecule has 0 spiro atoms. The molecule has 2 amide bonds. The Kier molecular flexibility index (Phi) is 7.18. The molecule has 2 N–H and O–H groups in total. The molecule has 1 aromatic heterocycles. The number of piperidine rings is 1. The van der Waals surface area contributed by atoms with Crippen LogP contribution in [-0.2, 0) is 11.3 Å². The molecule has 2 atom stereocenters. The summed E-state index contributed by atoms with van der Waals surface area (Å²) in [5.41, 5.74) is 0.808. The van der Waals surface area contributed by atoms with Crippen LogP contribution in [0.5, 0.6) is 0 Å². The van der Waals surface area contributed by atoms with E-state index in [0.717, 1.165) is 49.1 Å². The lowest BCUT2D eigenvalue weighted by Gasteiger charge is -2.38. The number of urea groups is 1. The smallest absolute Gasteiger partial charge is 0.341 e. The molecule has 40 heavy (non-hydrogen) atoms. The van der Waals surface area contributed by atoms with Gasteiger partial charge >= 0.3 is 12.0 Å². The first-order valence-corrected chi connectivity index (χ1v) is 13.8. The maximum Gasteiger partial charge on any atom is 0.341 e. The molecule has 2 bridgehead atoms. The van der Waals surface area contributed by atoms with Gasteiger partial charge in [-0.2, -0.15) is 0 Å². The summed E-state index contributed by atoms with van der Waals surface area (Å²) in [4.78, 5) is 25.8. The first-order valence-electron chi connectivity index (χ1n) is 13.1. The van der Waals surface area contributed by atoms with Crippen molar-refractivity contribution in [2.75, 3.05) is 5.32 Å². The number of rotatable bonds is 7. The molecule has 210 valence electrons. The van der Waals surface area contributed by atoms with E-state index in [1.165, 1.54) is 0 Å². The highest BCUT2D eigenvalue weighted by atomic mass is 35.5. The first-order chi connectivity index (χ1) is 19.2. The van der Waals surface area contributed by atoms with E-state index < -0.39 is 29.2 Å². The molecule has 2 saturated heterocycles. The van der Waals surface area contributed by atoms with E-state index in [9.17, 15) is 18.4 Å². The van der Waals surface area contributed by atoms with E-state index in [1.807, 2.05) is 0 Å². The molecule has 6 rings (SSSR count). The summed E-state index contributed by atoms with van der Waals surface area (Å²) in [5, 5.41) is 16.7. The van der Waals surface area contributed by atoms with Gasteiger partial charge < -0.3 is 24.6 Å². The average molecular weight is 592 g/mol. The molecule has 1 saturated carbocycles. The Morgan fingerprint density at radius 3 is 2.27 bits per heavy atom. The Balaban J connectivity index is 1.14. The molecule has 3 aromatic rings. The Bertz CT molecular complexity index is 1440. The Morgan fingerprint density at radius 2 is 1.70 bits per heavy atom. The minimum atomic E-state index is -1.72. The molecule has 2 aliphatic heterocycles. The Labute approximate surface area is 238 Å². The van der Waals surface area contributed by atoms with Crippen molar-refractivity contribution in [3.8, 4) is 11.3 Å². The van der Waals surface area contributed by atoms with Gasteiger partial charge in [-0.3, -0.25) is 0 Å². The van der Waals surface area contributed by atoms with Gasteiger partial charge in [-0.25, -0.2) is 18.4 Å². The second-order valence-corrected chi connectivity index (χ2v) is 11.3. The Morgan fingerprint density at radius 1 is 1.07 bits per heavy atom. The van der Waals surface area contributed by atoms with Gasteiger partial charge in [0.15, 0.2) is 0 Å². The maximum atomic E-state index is 14.1. The average Bonchev–Trinajstić information content (AvgIpc) is 3.59. The zero-order valence-electron chi connectivity index (χ0n) is 21.1. The van der Waals surface area contributed by atoms with Crippen LogP contribution in [0.25, 0.3) is 11.3 Å². The van der Waals surface area contributed by atoms with Gasteiger partial charge in [-0.05, 0) is 62.8 Å². The van der Waals surface area contributed by atoms with Crippen molar-refractivity contribution >= 4 is 40.9 Å². The summed E-state index contributed by atoms with van der Waals surface area (Å²) in [6.45, 7) is 0.261. The van der Waals surface area contributed by atoms with E-state index in [1.54, 1.807) is 23.1 Å². The minimum absolute atomic E-state index is 0.111. The standard InChI is InChI=1S/C28H25Cl2F2N3O5/c29-19-2-1-3-20(30)23(19)25-18(26(40-34-25)13-4-5-13)12-39-17-10-15-6-7-16(11-17)35(15)28(38)33-14-8-21(31)24(27(36)37)22(32)9-14/h1-3,8-9,13,15-17H,4-7,10-12H2,(H,33,38)(H,36,37). The van der Waals surface area contributed by atoms with Crippen LogP contribution in [0.2, 0.25) is 10.0 Å². The fourth-order valence-corrected chi connectivity index (χ4v) is 6.46. The molecule has 3 fully saturated rings. The summed E-state index contributed by atoms with van der Waals surface area (Å²) in [5.74, 6) is -3.14. The van der Waals surface area contributed by atoms with Crippen LogP contribution >= 0.6 is 23.2 Å². The van der Waals surface area contributed by atoms with Crippen LogP contribution in [0.3, 0.4) is 0 Å². The zero-order valence-corrected chi connectivity index (χ0v) is 22.6. The van der Waals surface area contributed by atoms with Crippen molar-refractivity contribution in [3.63, 3.8) is 0 Å². The number of carbonyl (C=O) groups is 2. The highest BCUT2D eigenvalue weighted by Crippen LogP contribution is 2.46. The van der Waals surface area contributed by atoms with Gasteiger partial charge in [0.1, 0.15) is 28.7 Å². The molecule has 0 radical (unpaired) electrons. The molecule has 3 aliphatic rings. The SMILES string of the molecule is O=C(O)c1c(F)cc(NC(=O)N2C3CCC2CC(OCc2c(-c4c(Cl)cccc4Cl)noc2C2CC2)C3)cc1F. The summed E-state index contributed by atoms with van der Waals surface area (Å²) >= 11 is 12.9. The van der Waals surface area contributed by atoms with E-state index in [-0.39, 0.29) is 30.5 Å². The van der Waals surface area contributed by atoms with Crippen molar-refractivity contribution in [2.45, 2.75) is 69.2 Å². The molecule has 2 aromatic carbocycles. The lowest BCUT2D eigenvalue weighted by molar-refractivity contribution is -0.0158. The predicted molar refractivity (Wildman–Crippen MR) is 143 cm³/mol. The highest BCUT2D eigenvalue weighted by Gasteiger charge is 2.44. The van der Waals surface area contributed by atoms with Crippen molar-refractivity contribution in [1.29, 1.82) is 0 Å². The van der Waals surface area contributed by atoms with Crippen LogP contribution in [0.4, 0.5) is 19.3 Å². The van der Waals surface area contributed by atoms with Crippen LogP contribution in [0.15, 0.2) is 34.9 Å². The number of anilines is 1. The highest BCUT2D eigenvalue weighted by molar-refractivity contribution is 6.39. The first kappa shape index (κ1) is 27.0. The fraction of sp³-hybridized carbons (Fsp3) is 0.393. The van der Waals surface area contributed by atoms with Crippen LogP contribution in [-0.4, -0.2) is 45.4 Å². The van der Waals surface area contributed by atoms with Gasteiger partial charge in [-0.15, -0.1) is 0 Å². The second kappa shape index (κ2) is 10.6. The van der Waals surface area contributed by atoms with E-state index in [0.29, 0.717) is 40.1 Å². The summed E-state index contributed by atoms with van der Waals surface area (Å²) in [6, 6.07) is 6.17. The Hall–Kier alpha value is -3.21. The number of nitrogens with zero attached hydrogens (tertiary/aromatic N) is 2. The van der Waals surface area contributed by atoms with Crippen molar-refractivity contribution < 1.29 is 32.7 Å². The normalized spacial score (nSPS) is 22.0. The number of carboxylic acids is 1. The molecule has 2 unspecified atom stereocenters. The molecule has 8 nitrogen and oxygen atoms in total. The van der Waals surface area contributed by atoms with Crippen LogP contribution in [0.1, 0.15) is 66.1 Å². The molecular weight excluding hydrogens is 567 g/mol. The minimum Gasteiger partial charge on any atom is -0.477 e. The van der Waals surface area contributed by atoms with Gasteiger partial charge in [0.25, 0.3) is 0 Å². The third kappa shape index (κ3) is 5.04. The molecule has 1 aliphatic carbocycles. The summed E-state index contributed by atoms with van der Waals surface area (Å²) in [6.07, 6.45) is 4.65. The lowest BCUT2D eigenvalue weighted by atomic mass is 9.99. The van der Waals surface area contributed by atoms with Gasteiger partial charge in [-0.1, -0.05) is 34.4 Å². The number of fused-ring (bicyclic) bond motifs is 2. The zero-order chi connectivity index (χ0) is 28.1. The monoisotopic (exact) mass is 591 g/mol. The molecule has 12 heteroatoms. The number of ether oxygens (including phenoxy) is 1. The van der Waals surface area contributed by atoms with E-state index >= 15 is 0 Å². The van der Waals surface area contributed by atoms with E-state index in [2.05, 4.69) is 10.5 Å². The number of halogens is 4. The van der Waals surface area contributed by atoms with Crippen LogP contribution in [0, 0.1) is 11.6 Å². The second-order valence-electron chi connectivity index (χ2n) is 10.5. The summed E-state index contributed by atoms with van der Waals surface area (Å²) < 4.78 is 40.3. The molecule has 3 heterocycles. The van der Waals surface area contributed by atoms with Crippen LogP contribution < -0.4 is 5.32 Å². The van der Waals surface area contributed by atoms with Gasteiger partial charge in [0.2, 0.25) is 0 Å². The number of aromatic nitrogens is 1. The largest absolute Gasteiger partial charge is 0.477 e. The number of carbonyl (C=O) groups excluding carboxylic acids is 1. The third-order valence-electron chi connectivity index (χ3n) is 7.86.